The lowest BCUT2D eigenvalue weighted by molar-refractivity contribution is 0.0704. The summed E-state index contributed by atoms with van der Waals surface area (Å²) in [5, 5.41) is 9.34. The number of fused-ring (bicyclic) bond motifs is 1. The molecule has 6 nitrogen and oxygen atoms in total. The number of hydrogen-bond donors (Lipinski definition) is 0. The molecule has 6 heteroatoms. The van der Waals surface area contributed by atoms with E-state index < -0.39 is 0 Å². The van der Waals surface area contributed by atoms with Crippen LogP contribution in [0.15, 0.2) is 42.7 Å². The molecule has 0 radical (unpaired) electrons. The second-order valence-corrected chi connectivity index (χ2v) is 6.43. The molecule has 1 aromatic carbocycles. The standard InChI is InChI=1S/C19H21N5O/c1-2-23-13-20-22-18(23)15-9-11-24(12-10-15)19(25)17-8-7-14-5-3-4-6-16(14)21-17/h3-8,13,15H,2,9-12H2,1H3. The molecule has 25 heavy (non-hydrogen) atoms. The van der Waals surface area contributed by atoms with E-state index in [1.54, 1.807) is 6.33 Å². The van der Waals surface area contributed by atoms with E-state index in [-0.39, 0.29) is 5.91 Å². The minimum absolute atomic E-state index is 0.0150. The van der Waals surface area contributed by atoms with Crippen LogP contribution in [0.3, 0.4) is 0 Å². The van der Waals surface area contributed by atoms with Crippen molar-refractivity contribution < 1.29 is 4.79 Å². The fraction of sp³-hybridized carbons (Fsp3) is 0.368. The summed E-state index contributed by atoms with van der Waals surface area (Å²) in [6, 6.07) is 11.7. The number of rotatable bonds is 3. The fourth-order valence-corrected chi connectivity index (χ4v) is 3.51. The van der Waals surface area contributed by atoms with Crippen molar-refractivity contribution in [1.29, 1.82) is 0 Å². The smallest absolute Gasteiger partial charge is 0.272 e. The Morgan fingerprint density at radius 2 is 1.96 bits per heavy atom. The van der Waals surface area contributed by atoms with Crippen LogP contribution in [0, 0.1) is 0 Å². The van der Waals surface area contributed by atoms with Crippen molar-refractivity contribution in [3.05, 3.63) is 54.2 Å². The summed E-state index contributed by atoms with van der Waals surface area (Å²) in [6.45, 7) is 4.43. The van der Waals surface area contributed by atoms with Crippen LogP contribution >= 0.6 is 0 Å². The molecule has 0 unspecified atom stereocenters. The maximum atomic E-state index is 12.8. The van der Waals surface area contributed by atoms with E-state index in [1.807, 2.05) is 41.3 Å². The summed E-state index contributed by atoms with van der Waals surface area (Å²) >= 11 is 0. The monoisotopic (exact) mass is 335 g/mol. The summed E-state index contributed by atoms with van der Waals surface area (Å²) in [6.07, 6.45) is 3.61. The summed E-state index contributed by atoms with van der Waals surface area (Å²) in [4.78, 5) is 19.2. The number of para-hydroxylation sites is 1. The van der Waals surface area contributed by atoms with E-state index in [9.17, 15) is 4.79 Å². The van der Waals surface area contributed by atoms with Crippen LogP contribution in [0.1, 0.15) is 42.0 Å². The van der Waals surface area contributed by atoms with Crippen molar-refractivity contribution in [2.24, 2.45) is 0 Å². The van der Waals surface area contributed by atoms with E-state index in [1.165, 1.54) is 0 Å². The van der Waals surface area contributed by atoms with Gasteiger partial charge in [-0.2, -0.15) is 0 Å². The molecule has 1 aliphatic rings. The third-order valence-electron chi connectivity index (χ3n) is 4.95. The van der Waals surface area contributed by atoms with Gasteiger partial charge in [0.15, 0.2) is 0 Å². The Morgan fingerprint density at radius 1 is 1.16 bits per heavy atom. The number of pyridine rings is 1. The minimum atomic E-state index is 0.0150. The summed E-state index contributed by atoms with van der Waals surface area (Å²) in [5.41, 5.74) is 1.38. The highest BCUT2D eigenvalue weighted by atomic mass is 16.2. The molecule has 3 aromatic rings. The van der Waals surface area contributed by atoms with Crippen molar-refractivity contribution in [3.63, 3.8) is 0 Å². The Labute approximate surface area is 146 Å². The van der Waals surface area contributed by atoms with Gasteiger partial charge in [-0.15, -0.1) is 10.2 Å². The molecule has 0 saturated carbocycles. The predicted octanol–water partition coefficient (Wildman–Crippen LogP) is 2.87. The van der Waals surface area contributed by atoms with Crippen LogP contribution in [0.4, 0.5) is 0 Å². The summed E-state index contributed by atoms with van der Waals surface area (Å²) < 4.78 is 2.09. The Morgan fingerprint density at radius 3 is 2.76 bits per heavy atom. The maximum Gasteiger partial charge on any atom is 0.272 e. The summed E-state index contributed by atoms with van der Waals surface area (Å²) in [5.74, 6) is 1.43. The number of benzene rings is 1. The minimum Gasteiger partial charge on any atom is -0.337 e. The van der Waals surface area contributed by atoms with Crippen LogP contribution in [0.5, 0.6) is 0 Å². The third-order valence-corrected chi connectivity index (χ3v) is 4.95. The van der Waals surface area contributed by atoms with Crippen molar-refractivity contribution in [2.45, 2.75) is 32.2 Å². The van der Waals surface area contributed by atoms with Crippen molar-refractivity contribution in [1.82, 2.24) is 24.6 Å². The number of piperidine rings is 1. The van der Waals surface area contributed by atoms with Gasteiger partial charge in [0.05, 0.1) is 5.52 Å². The van der Waals surface area contributed by atoms with E-state index in [4.69, 9.17) is 0 Å². The number of aromatic nitrogens is 4. The zero-order valence-corrected chi connectivity index (χ0v) is 14.3. The van der Waals surface area contributed by atoms with Gasteiger partial charge in [-0.25, -0.2) is 4.98 Å². The zero-order chi connectivity index (χ0) is 17.2. The molecule has 128 valence electrons. The van der Waals surface area contributed by atoms with Crippen LogP contribution in [0.2, 0.25) is 0 Å². The molecule has 2 aromatic heterocycles. The Balaban J connectivity index is 1.47. The van der Waals surface area contributed by atoms with Gasteiger partial charge in [-0.05, 0) is 31.9 Å². The van der Waals surface area contributed by atoms with Crippen LogP contribution in [-0.2, 0) is 6.54 Å². The number of nitrogens with zero attached hydrogens (tertiary/aromatic N) is 5. The largest absolute Gasteiger partial charge is 0.337 e. The van der Waals surface area contributed by atoms with Crippen molar-refractivity contribution in [3.8, 4) is 0 Å². The molecule has 4 rings (SSSR count). The van der Waals surface area contributed by atoms with Gasteiger partial charge < -0.3 is 9.47 Å². The van der Waals surface area contributed by atoms with Gasteiger partial charge in [-0.3, -0.25) is 4.79 Å². The first-order chi connectivity index (χ1) is 12.3. The number of aryl methyl sites for hydroxylation is 1. The van der Waals surface area contributed by atoms with Gasteiger partial charge in [0.2, 0.25) is 0 Å². The average Bonchev–Trinajstić information content (AvgIpc) is 3.16. The highest BCUT2D eigenvalue weighted by molar-refractivity contribution is 5.95. The SMILES string of the molecule is CCn1cnnc1C1CCN(C(=O)c2ccc3ccccc3n2)CC1. The first-order valence-electron chi connectivity index (χ1n) is 8.79. The molecule has 1 aliphatic heterocycles. The molecule has 0 bridgehead atoms. The predicted molar refractivity (Wildman–Crippen MR) is 95.3 cm³/mol. The average molecular weight is 335 g/mol. The van der Waals surface area contributed by atoms with Crippen molar-refractivity contribution in [2.75, 3.05) is 13.1 Å². The molecule has 1 saturated heterocycles. The Hall–Kier alpha value is -2.76. The van der Waals surface area contributed by atoms with E-state index in [0.29, 0.717) is 11.6 Å². The molecule has 1 amide bonds. The van der Waals surface area contributed by atoms with Gasteiger partial charge in [0.25, 0.3) is 5.91 Å². The highest BCUT2D eigenvalue weighted by Gasteiger charge is 2.27. The molecular weight excluding hydrogens is 314 g/mol. The number of likely N-dealkylation sites (tertiary alicyclic amines) is 1. The summed E-state index contributed by atoms with van der Waals surface area (Å²) in [7, 11) is 0. The van der Waals surface area contributed by atoms with Gasteiger partial charge in [0.1, 0.15) is 17.8 Å². The van der Waals surface area contributed by atoms with Gasteiger partial charge in [0, 0.05) is 30.9 Å². The lowest BCUT2D eigenvalue weighted by Crippen LogP contribution is -2.38. The molecule has 3 heterocycles. The van der Waals surface area contributed by atoms with Crippen LogP contribution in [-0.4, -0.2) is 43.6 Å². The zero-order valence-electron chi connectivity index (χ0n) is 14.3. The second-order valence-electron chi connectivity index (χ2n) is 6.43. The molecule has 0 atom stereocenters. The fourth-order valence-electron chi connectivity index (χ4n) is 3.51. The lowest BCUT2D eigenvalue weighted by Gasteiger charge is -2.31. The van der Waals surface area contributed by atoms with Gasteiger partial charge in [-0.1, -0.05) is 24.3 Å². The molecule has 0 aliphatic carbocycles. The quantitative estimate of drug-likeness (QED) is 0.738. The first-order valence-corrected chi connectivity index (χ1v) is 8.79. The number of carbonyl (C=O) groups excluding carboxylic acids is 1. The third kappa shape index (κ3) is 2.99. The van der Waals surface area contributed by atoms with Crippen LogP contribution < -0.4 is 0 Å². The van der Waals surface area contributed by atoms with E-state index in [2.05, 4.69) is 26.7 Å². The number of amides is 1. The van der Waals surface area contributed by atoms with Crippen molar-refractivity contribution >= 4 is 16.8 Å². The maximum absolute atomic E-state index is 12.8. The Kier molecular flexibility index (Phi) is 4.17. The molecule has 0 N–H and O–H groups in total. The second kappa shape index (κ2) is 6.63. The first kappa shape index (κ1) is 15.7. The highest BCUT2D eigenvalue weighted by Crippen LogP contribution is 2.27. The lowest BCUT2D eigenvalue weighted by atomic mass is 9.95. The topological polar surface area (TPSA) is 63.9 Å². The van der Waals surface area contributed by atoms with E-state index >= 15 is 0 Å². The van der Waals surface area contributed by atoms with Gasteiger partial charge >= 0.3 is 0 Å². The molecule has 1 fully saturated rings. The molecule has 0 spiro atoms. The number of carbonyl (C=O) groups is 1. The normalized spacial score (nSPS) is 15.6. The van der Waals surface area contributed by atoms with Crippen LogP contribution in [0.25, 0.3) is 10.9 Å². The van der Waals surface area contributed by atoms with E-state index in [0.717, 1.165) is 49.2 Å². The Bertz CT molecular complexity index is 895. The molecular formula is C19H21N5O. The number of hydrogen-bond acceptors (Lipinski definition) is 4.